The van der Waals surface area contributed by atoms with Gasteiger partial charge in [-0.05, 0) is 77.2 Å². The molecule has 3 aromatic carbocycles. The van der Waals surface area contributed by atoms with Gasteiger partial charge >= 0.3 is 0 Å². The number of allylic oxidation sites excluding steroid dienone is 4. The minimum atomic E-state index is -2.37. The molecule has 1 unspecified atom stereocenters. The molecule has 0 saturated heterocycles. The van der Waals surface area contributed by atoms with Gasteiger partial charge in [-0.15, -0.1) is 0 Å². The van der Waals surface area contributed by atoms with Crippen LogP contribution in [0.1, 0.15) is 89.3 Å². The van der Waals surface area contributed by atoms with Crippen LogP contribution in [0.25, 0.3) is 0 Å². The maximum atomic E-state index is 2.59. The Kier molecular flexibility index (Phi) is 10.4. The number of benzene rings is 3. The molecule has 3 aromatic rings. The summed E-state index contributed by atoms with van der Waals surface area (Å²) in [5.41, 5.74) is 6.30. The fourth-order valence-electron chi connectivity index (χ4n) is 6.10. The molecular formula is C37H48Si. The summed E-state index contributed by atoms with van der Waals surface area (Å²) in [5, 5.41) is 4.59. The summed E-state index contributed by atoms with van der Waals surface area (Å²) in [6, 6.07) is 29.4. The summed E-state index contributed by atoms with van der Waals surface area (Å²) >= 11 is 0. The summed E-state index contributed by atoms with van der Waals surface area (Å²) in [5.74, 6) is 0. The third kappa shape index (κ3) is 6.32. The highest BCUT2D eigenvalue weighted by atomic mass is 28.3. The van der Waals surface area contributed by atoms with Crippen molar-refractivity contribution in [1.29, 1.82) is 0 Å². The molecular weight excluding hydrogens is 472 g/mol. The highest BCUT2D eigenvalue weighted by Crippen LogP contribution is 2.33. The first-order valence-corrected chi connectivity index (χ1v) is 17.4. The van der Waals surface area contributed by atoms with E-state index < -0.39 is 8.07 Å². The minimum Gasteiger partial charge on any atom is -0.0790 e. The van der Waals surface area contributed by atoms with Crippen LogP contribution in [0, 0.1) is 0 Å². The number of rotatable bonds is 14. The number of hydrogen-bond donors (Lipinski definition) is 0. The lowest BCUT2D eigenvalue weighted by Gasteiger charge is -2.38. The SMILES string of the molecule is CCCCc1ccc([Si](c2ccc(CCCC)cc2)(c2ccc(CCCC)cc2)C2C=CC(CC)=C2)cc1. The van der Waals surface area contributed by atoms with Gasteiger partial charge in [0, 0.05) is 5.54 Å². The van der Waals surface area contributed by atoms with Crippen molar-refractivity contribution >= 4 is 23.6 Å². The number of hydrogen-bond acceptors (Lipinski definition) is 0. The maximum Gasteiger partial charge on any atom is 0.158 e. The summed E-state index contributed by atoms with van der Waals surface area (Å²) in [4.78, 5) is 0. The van der Waals surface area contributed by atoms with Crippen molar-refractivity contribution in [3.8, 4) is 0 Å². The van der Waals surface area contributed by atoms with E-state index in [2.05, 4.69) is 119 Å². The van der Waals surface area contributed by atoms with Crippen LogP contribution in [0.4, 0.5) is 0 Å². The molecule has 0 aliphatic heterocycles. The highest BCUT2D eigenvalue weighted by molar-refractivity contribution is 7.13. The zero-order chi connectivity index (χ0) is 26.8. The zero-order valence-corrected chi connectivity index (χ0v) is 25.3. The van der Waals surface area contributed by atoms with E-state index in [0.29, 0.717) is 5.54 Å². The number of unbranched alkanes of at least 4 members (excludes halogenated alkanes) is 3. The first kappa shape index (κ1) is 28.4. The van der Waals surface area contributed by atoms with Gasteiger partial charge in [-0.1, -0.05) is 144 Å². The third-order valence-corrected chi connectivity index (χ3v) is 13.6. The van der Waals surface area contributed by atoms with E-state index in [1.165, 1.54) is 95.6 Å². The molecule has 0 spiro atoms. The quantitative estimate of drug-likeness (QED) is 0.148. The van der Waals surface area contributed by atoms with Crippen LogP contribution in [0.5, 0.6) is 0 Å². The molecule has 200 valence electrons. The molecule has 0 radical (unpaired) electrons. The van der Waals surface area contributed by atoms with E-state index in [-0.39, 0.29) is 0 Å². The second-order valence-electron chi connectivity index (χ2n) is 11.2. The van der Waals surface area contributed by atoms with Crippen LogP contribution >= 0.6 is 0 Å². The fourth-order valence-corrected chi connectivity index (χ4v) is 11.2. The van der Waals surface area contributed by atoms with Crippen molar-refractivity contribution in [3.05, 3.63) is 113 Å². The largest absolute Gasteiger partial charge is 0.158 e. The number of aryl methyl sites for hydroxylation is 3. The van der Waals surface area contributed by atoms with E-state index in [9.17, 15) is 0 Å². The molecule has 1 aliphatic rings. The Bertz CT molecular complexity index is 1050. The molecule has 1 atom stereocenters. The molecule has 0 nitrogen and oxygen atoms in total. The lowest BCUT2D eigenvalue weighted by atomic mass is 10.1. The summed E-state index contributed by atoms with van der Waals surface area (Å²) < 4.78 is 0. The van der Waals surface area contributed by atoms with Crippen molar-refractivity contribution in [2.75, 3.05) is 0 Å². The Balaban J connectivity index is 1.89. The summed E-state index contributed by atoms with van der Waals surface area (Å²) in [7, 11) is -2.37. The second-order valence-corrected chi connectivity index (χ2v) is 15.2. The van der Waals surface area contributed by atoms with Crippen LogP contribution in [0.3, 0.4) is 0 Å². The van der Waals surface area contributed by atoms with E-state index >= 15 is 0 Å². The van der Waals surface area contributed by atoms with Crippen LogP contribution in [-0.2, 0) is 19.3 Å². The van der Waals surface area contributed by atoms with E-state index in [1.54, 1.807) is 0 Å². The van der Waals surface area contributed by atoms with Gasteiger partial charge in [0.15, 0.2) is 8.07 Å². The smallest absolute Gasteiger partial charge is 0.0790 e. The highest BCUT2D eigenvalue weighted by Gasteiger charge is 2.45. The van der Waals surface area contributed by atoms with E-state index in [1.807, 2.05) is 0 Å². The van der Waals surface area contributed by atoms with Gasteiger partial charge in [0.25, 0.3) is 0 Å². The van der Waals surface area contributed by atoms with Gasteiger partial charge < -0.3 is 0 Å². The molecule has 0 N–H and O–H groups in total. The Morgan fingerprint density at radius 3 is 1.18 bits per heavy atom. The first-order chi connectivity index (χ1) is 18.6. The van der Waals surface area contributed by atoms with Crippen LogP contribution in [0.15, 0.2) is 96.6 Å². The van der Waals surface area contributed by atoms with Gasteiger partial charge in [0.2, 0.25) is 0 Å². The third-order valence-electron chi connectivity index (χ3n) is 8.50. The van der Waals surface area contributed by atoms with Crippen molar-refractivity contribution in [1.82, 2.24) is 0 Å². The molecule has 4 rings (SSSR count). The van der Waals surface area contributed by atoms with E-state index in [4.69, 9.17) is 0 Å². The average molecular weight is 521 g/mol. The topological polar surface area (TPSA) is 0 Å². The van der Waals surface area contributed by atoms with Crippen LogP contribution in [0.2, 0.25) is 5.54 Å². The van der Waals surface area contributed by atoms with Crippen molar-refractivity contribution < 1.29 is 0 Å². The Morgan fingerprint density at radius 2 is 0.895 bits per heavy atom. The monoisotopic (exact) mass is 520 g/mol. The van der Waals surface area contributed by atoms with Crippen molar-refractivity contribution in [3.63, 3.8) is 0 Å². The molecule has 1 heteroatoms. The van der Waals surface area contributed by atoms with Gasteiger partial charge in [0.1, 0.15) is 0 Å². The molecule has 0 fully saturated rings. The van der Waals surface area contributed by atoms with Crippen LogP contribution < -0.4 is 15.6 Å². The Morgan fingerprint density at radius 1 is 0.526 bits per heavy atom. The molecule has 0 heterocycles. The van der Waals surface area contributed by atoms with Gasteiger partial charge in [-0.25, -0.2) is 0 Å². The minimum absolute atomic E-state index is 0.418. The molecule has 0 amide bonds. The Labute approximate surface area is 233 Å². The molecule has 0 aromatic heterocycles. The molecule has 38 heavy (non-hydrogen) atoms. The maximum absolute atomic E-state index is 2.59. The first-order valence-electron chi connectivity index (χ1n) is 15.3. The molecule has 0 saturated carbocycles. The lowest BCUT2D eigenvalue weighted by Crippen LogP contribution is -2.69. The predicted molar refractivity (Wildman–Crippen MR) is 171 cm³/mol. The Hall–Kier alpha value is -2.64. The average Bonchev–Trinajstić information content (AvgIpc) is 3.46. The van der Waals surface area contributed by atoms with Crippen molar-refractivity contribution in [2.45, 2.75) is 97.4 Å². The van der Waals surface area contributed by atoms with E-state index in [0.717, 1.165) is 6.42 Å². The summed E-state index contributed by atoms with van der Waals surface area (Å²) in [6.45, 7) is 9.13. The van der Waals surface area contributed by atoms with Crippen molar-refractivity contribution in [2.24, 2.45) is 0 Å². The van der Waals surface area contributed by atoms with Gasteiger partial charge in [0.05, 0.1) is 0 Å². The molecule has 1 aliphatic carbocycles. The predicted octanol–water partition coefficient (Wildman–Crippen LogP) is 8.46. The normalized spacial score (nSPS) is 15.2. The standard InChI is InChI=1S/C37H48Si/c1-5-9-12-31-16-22-34(23-17-31)38(37-28-15-30(8-4)29-37,35-24-18-32(19-25-35)13-10-6-2)36-26-20-33(21-27-36)14-11-7-3/h15-29,37H,5-14H2,1-4H3. The lowest BCUT2D eigenvalue weighted by molar-refractivity contribution is 0.795. The van der Waals surface area contributed by atoms with Crippen LogP contribution in [-0.4, -0.2) is 8.07 Å². The molecule has 0 bridgehead atoms. The fraction of sp³-hybridized carbons (Fsp3) is 0.405. The zero-order valence-electron chi connectivity index (χ0n) is 24.3. The summed E-state index contributed by atoms with van der Waals surface area (Å²) in [6.07, 6.45) is 19.6. The second kappa shape index (κ2) is 13.9. The van der Waals surface area contributed by atoms with Gasteiger partial charge in [-0.3, -0.25) is 0 Å². The van der Waals surface area contributed by atoms with Gasteiger partial charge in [-0.2, -0.15) is 0 Å².